The summed E-state index contributed by atoms with van der Waals surface area (Å²) < 4.78 is 1.04. The third-order valence-corrected chi connectivity index (χ3v) is 3.51. The van der Waals surface area contributed by atoms with Gasteiger partial charge in [0.05, 0.1) is 5.69 Å². The Morgan fingerprint density at radius 2 is 1.94 bits per heavy atom. The molecule has 0 aliphatic carbocycles. The van der Waals surface area contributed by atoms with E-state index in [0.717, 1.165) is 28.7 Å². The molecular weight excluding hydrogens is 278 g/mol. The van der Waals surface area contributed by atoms with Gasteiger partial charge in [0.15, 0.2) is 0 Å². The molecule has 1 aromatic carbocycles. The number of halogens is 1. The maximum absolute atomic E-state index is 8.84. The van der Waals surface area contributed by atoms with E-state index in [0.29, 0.717) is 6.54 Å². The van der Waals surface area contributed by atoms with Gasteiger partial charge in [0.2, 0.25) is 0 Å². The molecule has 2 rings (SSSR count). The highest BCUT2D eigenvalue weighted by Crippen LogP contribution is 2.30. The zero-order valence-corrected chi connectivity index (χ0v) is 10.7. The summed E-state index contributed by atoms with van der Waals surface area (Å²) in [7, 11) is 0. The lowest BCUT2D eigenvalue weighted by molar-refractivity contribution is 0.965. The quantitative estimate of drug-likeness (QED) is 0.746. The number of benzene rings is 1. The van der Waals surface area contributed by atoms with Crippen molar-refractivity contribution in [2.75, 3.05) is 18.0 Å². The number of nitriles is 2. The first-order valence-electron chi connectivity index (χ1n) is 5.28. The van der Waals surface area contributed by atoms with Crippen LogP contribution in [0.1, 0.15) is 6.42 Å². The molecule has 1 saturated heterocycles. The van der Waals surface area contributed by atoms with Gasteiger partial charge < -0.3 is 4.90 Å². The highest BCUT2D eigenvalue weighted by Gasteiger charge is 2.21. The van der Waals surface area contributed by atoms with Gasteiger partial charge in [-0.2, -0.15) is 10.5 Å². The molecule has 0 spiro atoms. The van der Waals surface area contributed by atoms with Gasteiger partial charge in [0.1, 0.15) is 17.7 Å². The van der Waals surface area contributed by atoms with E-state index in [1.54, 1.807) is 0 Å². The molecule has 17 heavy (non-hydrogen) atoms. The molecule has 0 aromatic heterocycles. The minimum Gasteiger partial charge on any atom is -0.366 e. The van der Waals surface area contributed by atoms with Crippen molar-refractivity contribution >= 4 is 21.6 Å². The summed E-state index contributed by atoms with van der Waals surface area (Å²) in [6, 6.07) is 11.9. The molecule has 1 fully saturated rings. The third kappa shape index (κ3) is 2.33. The first-order chi connectivity index (χ1) is 8.26. The Balaban J connectivity index is 2.26. The fourth-order valence-corrected chi connectivity index (χ4v) is 2.49. The van der Waals surface area contributed by atoms with Crippen LogP contribution in [0, 0.1) is 22.7 Å². The maximum atomic E-state index is 8.84. The molecule has 0 atom stereocenters. The van der Waals surface area contributed by atoms with Crippen molar-refractivity contribution in [2.24, 2.45) is 0 Å². The van der Waals surface area contributed by atoms with Crippen molar-refractivity contribution in [1.82, 2.24) is 0 Å². The highest BCUT2D eigenvalue weighted by atomic mass is 79.9. The number of rotatable bonds is 1. The molecule has 3 nitrogen and oxygen atoms in total. The Labute approximate surface area is 109 Å². The molecule has 1 aliphatic rings. The largest absolute Gasteiger partial charge is 0.366 e. The maximum Gasteiger partial charge on any atom is 0.130 e. The lowest BCUT2D eigenvalue weighted by Gasteiger charge is -2.18. The summed E-state index contributed by atoms with van der Waals surface area (Å²) in [4.78, 5) is 2.17. The Kier molecular flexibility index (Phi) is 3.46. The van der Waals surface area contributed by atoms with Crippen molar-refractivity contribution in [1.29, 1.82) is 10.5 Å². The van der Waals surface area contributed by atoms with E-state index in [-0.39, 0.29) is 5.57 Å². The molecule has 0 N–H and O–H groups in total. The van der Waals surface area contributed by atoms with Gasteiger partial charge in [-0.05, 0) is 40.1 Å². The first kappa shape index (κ1) is 11.7. The lowest BCUT2D eigenvalue weighted by atomic mass is 10.1. The molecule has 4 heteroatoms. The molecule has 1 heterocycles. The topological polar surface area (TPSA) is 50.8 Å². The van der Waals surface area contributed by atoms with Crippen LogP contribution in [0.5, 0.6) is 0 Å². The van der Waals surface area contributed by atoms with Gasteiger partial charge in [-0.3, -0.25) is 0 Å². The van der Waals surface area contributed by atoms with Crippen LogP contribution in [0.4, 0.5) is 5.69 Å². The molecular formula is C13H10BrN3. The third-order valence-electron chi connectivity index (χ3n) is 2.84. The van der Waals surface area contributed by atoms with Crippen LogP contribution in [0.25, 0.3) is 0 Å². The SMILES string of the molecule is N#CC(C#N)=C1CCN(c2ccccc2Br)C1. The van der Waals surface area contributed by atoms with Crippen molar-refractivity contribution in [2.45, 2.75) is 6.42 Å². The molecule has 0 radical (unpaired) electrons. The number of para-hydroxylation sites is 1. The van der Waals surface area contributed by atoms with E-state index in [2.05, 4.69) is 20.8 Å². The average molecular weight is 288 g/mol. The average Bonchev–Trinajstić information content (AvgIpc) is 2.81. The molecule has 0 unspecified atom stereocenters. The second kappa shape index (κ2) is 5.03. The monoisotopic (exact) mass is 287 g/mol. The Morgan fingerprint density at radius 3 is 2.59 bits per heavy atom. The van der Waals surface area contributed by atoms with E-state index >= 15 is 0 Å². The molecule has 0 bridgehead atoms. The van der Waals surface area contributed by atoms with Crippen LogP contribution in [0.2, 0.25) is 0 Å². The van der Waals surface area contributed by atoms with Crippen LogP contribution >= 0.6 is 15.9 Å². The summed E-state index contributed by atoms with van der Waals surface area (Å²) in [5.74, 6) is 0. The van der Waals surface area contributed by atoms with Gasteiger partial charge in [0.25, 0.3) is 0 Å². The van der Waals surface area contributed by atoms with Crippen molar-refractivity contribution in [3.8, 4) is 12.1 Å². The second-order valence-corrected chi connectivity index (χ2v) is 4.68. The van der Waals surface area contributed by atoms with E-state index in [4.69, 9.17) is 10.5 Å². The number of allylic oxidation sites excluding steroid dienone is 1. The second-order valence-electron chi connectivity index (χ2n) is 3.83. The number of hydrogen-bond donors (Lipinski definition) is 0. The predicted molar refractivity (Wildman–Crippen MR) is 69.2 cm³/mol. The van der Waals surface area contributed by atoms with Gasteiger partial charge >= 0.3 is 0 Å². The van der Waals surface area contributed by atoms with E-state index < -0.39 is 0 Å². The number of anilines is 1. The van der Waals surface area contributed by atoms with E-state index in [1.807, 2.05) is 36.4 Å². The minimum atomic E-state index is 0.263. The van der Waals surface area contributed by atoms with E-state index in [1.165, 1.54) is 0 Å². The van der Waals surface area contributed by atoms with Crippen LogP contribution in [0.3, 0.4) is 0 Å². The van der Waals surface area contributed by atoms with Gasteiger partial charge in [-0.1, -0.05) is 12.1 Å². The van der Waals surface area contributed by atoms with Crippen molar-refractivity contribution in [3.63, 3.8) is 0 Å². The van der Waals surface area contributed by atoms with E-state index in [9.17, 15) is 0 Å². The fraction of sp³-hybridized carbons (Fsp3) is 0.231. The minimum absolute atomic E-state index is 0.263. The van der Waals surface area contributed by atoms with Gasteiger partial charge in [0, 0.05) is 17.6 Å². The standard InChI is InChI=1S/C13H10BrN3/c14-12-3-1-2-4-13(12)17-6-5-10(9-17)11(7-15)8-16/h1-4H,5-6,9H2. The van der Waals surface area contributed by atoms with Gasteiger partial charge in [-0.25, -0.2) is 0 Å². The first-order valence-corrected chi connectivity index (χ1v) is 6.07. The smallest absolute Gasteiger partial charge is 0.130 e. The normalized spacial score (nSPS) is 14.3. The van der Waals surface area contributed by atoms with Crippen molar-refractivity contribution in [3.05, 3.63) is 39.9 Å². The van der Waals surface area contributed by atoms with Crippen LogP contribution in [0.15, 0.2) is 39.9 Å². The summed E-state index contributed by atoms with van der Waals surface area (Å²) in [5.41, 5.74) is 2.31. The summed E-state index contributed by atoms with van der Waals surface area (Å²) in [5, 5.41) is 17.7. The molecule has 1 aromatic rings. The van der Waals surface area contributed by atoms with Crippen LogP contribution in [-0.2, 0) is 0 Å². The fourth-order valence-electron chi connectivity index (χ4n) is 1.96. The Morgan fingerprint density at radius 1 is 1.24 bits per heavy atom. The highest BCUT2D eigenvalue weighted by molar-refractivity contribution is 9.10. The Hall–Kier alpha value is -1.78. The lowest BCUT2D eigenvalue weighted by Crippen LogP contribution is -2.18. The van der Waals surface area contributed by atoms with Crippen molar-refractivity contribution < 1.29 is 0 Å². The van der Waals surface area contributed by atoms with Gasteiger partial charge in [-0.15, -0.1) is 0 Å². The molecule has 0 amide bonds. The molecule has 0 saturated carbocycles. The predicted octanol–water partition coefficient (Wildman–Crippen LogP) is 3.00. The summed E-state index contributed by atoms with van der Waals surface area (Å²) in [6.45, 7) is 1.52. The zero-order chi connectivity index (χ0) is 12.3. The zero-order valence-electron chi connectivity index (χ0n) is 9.15. The summed E-state index contributed by atoms with van der Waals surface area (Å²) in [6.07, 6.45) is 0.789. The number of nitrogens with zero attached hydrogens (tertiary/aromatic N) is 3. The van der Waals surface area contributed by atoms with Crippen LogP contribution < -0.4 is 4.90 Å². The molecule has 1 aliphatic heterocycles. The van der Waals surface area contributed by atoms with Crippen LogP contribution in [-0.4, -0.2) is 13.1 Å². The Bertz CT molecular complexity index is 533. The summed E-state index contributed by atoms with van der Waals surface area (Å²) >= 11 is 3.51. The number of hydrogen-bond acceptors (Lipinski definition) is 3. The molecule has 84 valence electrons.